The molecular weight excluding hydrogens is 383 g/mol. The predicted molar refractivity (Wildman–Crippen MR) is 104 cm³/mol. The Morgan fingerprint density at radius 3 is 2.36 bits per heavy atom. The zero-order chi connectivity index (χ0) is 20.1. The van der Waals surface area contributed by atoms with Crippen molar-refractivity contribution >= 4 is 33.9 Å². The minimum absolute atomic E-state index is 0.115. The minimum Gasteiger partial charge on any atom is -0.485 e. The summed E-state index contributed by atoms with van der Waals surface area (Å²) in [5, 5.41) is 2.60. The molecule has 28 heavy (non-hydrogen) atoms. The molecule has 0 saturated carbocycles. The largest absolute Gasteiger partial charge is 0.485 e. The van der Waals surface area contributed by atoms with E-state index in [0.717, 1.165) is 21.8 Å². The molecule has 0 aliphatic rings. The Hall–Kier alpha value is -3.52. The molecule has 0 aliphatic carbocycles. The third kappa shape index (κ3) is 4.60. The molecule has 0 fully saturated rings. The van der Waals surface area contributed by atoms with Gasteiger partial charge in [0.2, 0.25) is 0 Å². The van der Waals surface area contributed by atoms with Gasteiger partial charge >= 0.3 is 0 Å². The molecule has 0 bridgehead atoms. The lowest BCUT2D eigenvalue weighted by atomic mass is 10.1. The third-order valence-electron chi connectivity index (χ3n) is 3.72. The maximum atomic E-state index is 12.9. The summed E-state index contributed by atoms with van der Waals surface area (Å²) in [5.74, 6) is -2.70. The van der Waals surface area contributed by atoms with Crippen molar-refractivity contribution in [1.29, 1.82) is 0 Å². The Morgan fingerprint density at radius 1 is 1.04 bits per heavy atom. The first-order valence-corrected chi connectivity index (χ1v) is 8.97. The zero-order valence-electron chi connectivity index (χ0n) is 14.5. The fourth-order valence-electron chi connectivity index (χ4n) is 2.33. The van der Waals surface area contributed by atoms with Gasteiger partial charge in [-0.1, -0.05) is 30.3 Å². The summed E-state index contributed by atoms with van der Waals surface area (Å²) in [5.41, 5.74) is 6.34. The number of ketones is 1. The first-order chi connectivity index (χ1) is 13.4. The van der Waals surface area contributed by atoms with Gasteiger partial charge in [0.15, 0.2) is 6.61 Å². The number of benzene rings is 2. The molecule has 2 aromatic carbocycles. The van der Waals surface area contributed by atoms with Crippen LogP contribution in [0.1, 0.15) is 10.4 Å². The second-order valence-corrected chi connectivity index (χ2v) is 6.76. The highest BCUT2D eigenvalue weighted by molar-refractivity contribution is 7.20. The van der Waals surface area contributed by atoms with Crippen LogP contribution in [0.15, 0.2) is 60.7 Å². The van der Waals surface area contributed by atoms with E-state index in [9.17, 15) is 18.8 Å². The number of primary amides is 1. The van der Waals surface area contributed by atoms with E-state index < -0.39 is 30.0 Å². The number of ether oxygens (including phenoxy) is 1. The SMILES string of the molecule is NC(=O)c1cc(-c2ccccc2)sc1NC(=O)C(=O)COc1ccc(F)cc1. The quantitative estimate of drug-likeness (QED) is 0.597. The van der Waals surface area contributed by atoms with Crippen molar-refractivity contribution in [2.45, 2.75) is 0 Å². The summed E-state index contributed by atoms with van der Waals surface area (Å²) in [6, 6.07) is 15.8. The van der Waals surface area contributed by atoms with Gasteiger partial charge < -0.3 is 15.8 Å². The highest BCUT2D eigenvalue weighted by Gasteiger charge is 2.21. The molecular formula is C20H15FN2O4S. The van der Waals surface area contributed by atoms with E-state index in [1.807, 2.05) is 30.3 Å². The second kappa shape index (κ2) is 8.45. The molecule has 3 aromatic rings. The van der Waals surface area contributed by atoms with Gasteiger partial charge in [0.25, 0.3) is 17.6 Å². The van der Waals surface area contributed by atoms with Crippen LogP contribution in [0, 0.1) is 5.82 Å². The number of carbonyl (C=O) groups is 3. The number of nitrogens with two attached hydrogens (primary N) is 1. The van der Waals surface area contributed by atoms with E-state index in [-0.39, 0.29) is 16.3 Å². The number of nitrogens with one attached hydrogen (secondary N) is 1. The first-order valence-electron chi connectivity index (χ1n) is 8.15. The lowest BCUT2D eigenvalue weighted by Gasteiger charge is -2.06. The van der Waals surface area contributed by atoms with Crippen LogP contribution >= 0.6 is 11.3 Å². The number of thiophene rings is 1. The highest BCUT2D eigenvalue weighted by atomic mass is 32.1. The fraction of sp³-hybridized carbons (Fsp3) is 0.0500. The molecule has 8 heteroatoms. The molecule has 0 spiro atoms. The summed E-state index contributed by atoms with van der Waals surface area (Å²) in [7, 11) is 0. The number of Topliss-reactive ketones (excluding diaryl/α,β-unsaturated/α-hetero) is 1. The number of hydrogen-bond acceptors (Lipinski definition) is 5. The molecule has 0 saturated heterocycles. The second-order valence-electron chi connectivity index (χ2n) is 5.70. The number of amides is 2. The Labute approximate surface area is 163 Å². The van der Waals surface area contributed by atoms with E-state index in [0.29, 0.717) is 0 Å². The molecule has 2 amide bonds. The Bertz CT molecular complexity index is 1020. The number of carbonyl (C=O) groups excluding carboxylic acids is 3. The lowest BCUT2D eigenvalue weighted by Crippen LogP contribution is -2.28. The molecule has 1 aromatic heterocycles. The number of rotatable bonds is 7. The van der Waals surface area contributed by atoms with Crippen LogP contribution in [-0.2, 0) is 9.59 Å². The van der Waals surface area contributed by atoms with Crippen LogP contribution < -0.4 is 15.8 Å². The van der Waals surface area contributed by atoms with Crippen molar-refractivity contribution in [2.75, 3.05) is 11.9 Å². The monoisotopic (exact) mass is 398 g/mol. The summed E-state index contributed by atoms with van der Waals surface area (Å²) in [4.78, 5) is 36.6. The summed E-state index contributed by atoms with van der Waals surface area (Å²) in [6.45, 7) is -0.527. The molecule has 142 valence electrons. The maximum absolute atomic E-state index is 12.9. The molecule has 6 nitrogen and oxygen atoms in total. The molecule has 3 N–H and O–H groups in total. The summed E-state index contributed by atoms with van der Waals surface area (Å²) < 4.78 is 18.0. The molecule has 3 rings (SSSR count). The van der Waals surface area contributed by atoms with E-state index in [1.54, 1.807) is 6.07 Å². The normalized spacial score (nSPS) is 10.3. The van der Waals surface area contributed by atoms with E-state index in [4.69, 9.17) is 10.5 Å². The molecule has 0 unspecified atom stereocenters. The number of halogens is 1. The Balaban J connectivity index is 1.70. The molecule has 1 heterocycles. The van der Waals surface area contributed by atoms with E-state index >= 15 is 0 Å². The van der Waals surface area contributed by atoms with Gasteiger partial charge in [0.05, 0.1) is 5.56 Å². The van der Waals surface area contributed by atoms with Crippen molar-refractivity contribution in [3.8, 4) is 16.2 Å². The van der Waals surface area contributed by atoms with Gasteiger partial charge in [-0.05, 0) is 35.9 Å². The number of hydrogen-bond donors (Lipinski definition) is 2. The van der Waals surface area contributed by atoms with E-state index in [1.165, 1.54) is 24.3 Å². The van der Waals surface area contributed by atoms with Gasteiger partial charge in [-0.25, -0.2) is 4.39 Å². The summed E-state index contributed by atoms with van der Waals surface area (Å²) in [6.07, 6.45) is 0. The van der Waals surface area contributed by atoms with Gasteiger partial charge in [0, 0.05) is 4.88 Å². The van der Waals surface area contributed by atoms with Crippen molar-refractivity contribution in [3.63, 3.8) is 0 Å². The smallest absolute Gasteiger partial charge is 0.296 e. The van der Waals surface area contributed by atoms with Gasteiger partial charge in [-0.2, -0.15) is 0 Å². The lowest BCUT2D eigenvalue weighted by molar-refractivity contribution is -0.136. The van der Waals surface area contributed by atoms with Crippen LogP contribution in [0.2, 0.25) is 0 Å². The van der Waals surface area contributed by atoms with Crippen molar-refractivity contribution in [3.05, 3.63) is 72.0 Å². The average Bonchev–Trinajstić information content (AvgIpc) is 3.12. The van der Waals surface area contributed by atoms with Gasteiger partial charge in [0.1, 0.15) is 16.6 Å². The van der Waals surface area contributed by atoms with Crippen LogP contribution in [0.3, 0.4) is 0 Å². The third-order valence-corrected chi connectivity index (χ3v) is 4.82. The predicted octanol–water partition coefficient (Wildman–Crippen LogP) is 3.24. The Morgan fingerprint density at radius 2 is 1.71 bits per heavy atom. The number of anilines is 1. The summed E-state index contributed by atoms with van der Waals surface area (Å²) >= 11 is 1.14. The fourth-order valence-corrected chi connectivity index (χ4v) is 3.39. The van der Waals surface area contributed by atoms with Crippen LogP contribution in [0.4, 0.5) is 9.39 Å². The van der Waals surface area contributed by atoms with Crippen molar-refractivity contribution < 1.29 is 23.5 Å². The molecule has 0 radical (unpaired) electrons. The maximum Gasteiger partial charge on any atom is 0.296 e. The van der Waals surface area contributed by atoms with Gasteiger partial charge in [-0.15, -0.1) is 11.3 Å². The van der Waals surface area contributed by atoms with Gasteiger partial charge in [-0.3, -0.25) is 14.4 Å². The minimum atomic E-state index is -0.939. The van der Waals surface area contributed by atoms with Crippen LogP contribution in [0.25, 0.3) is 10.4 Å². The first kappa shape index (κ1) is 19.2. The Kier molecular flexibility index (Phi) is 5.81. The van der Waals surface area contributed by atoms with Crippen LogP contribution in [0.5, 0.6) is 5.75 Å². The highest BCUT2D eigenvalue weighted by Crippen LogP contribution is 2.35. The molecule has 0 atom stereocenters. The molecule has 0 aliphatic heterocycles. The average molecular weight is 398 g/mol. The van der Waals surface area contributed by atoms with E-state index in [2.05, 4.69) is 5.32 Å². The zero-order valence-corrected chi connectivity index (χ0v) is 15.3. The standard InChI is InChI=1S/C20H15FN2O4S/c21-13-6-8-14(9-7-13)27-11-16(24)19(26)23-20-15(18(22)25)10-17(28-20)12-4-2-1-3-5-12/h1-10H,11H2,(H2,22,25)(H,23,26). The topological polar surface area (TPSA) is 98.5 Å². The van der Waals surface area contributed by atoms with Crippen LogP contribution in [-0.4, -0.2) is 24.2 Å². The van der Waals surface area contributed by atoms with Crippen molar-refractivity contribution in [2.24, 2.45) is 5.73 Å². The van der Waals surface area contributed by atoms with Crippen molar-refractivity contribution in [1.82, 2.24) is 0 Å².